The molecule has 1 aliphatic rings. The predicted octanol–water partition coefficient (Wildman–Crippen LogP) is 1.97. The third-order valence-corrected chi connectivity index (χ3v) is 7.37. The van der Waals surface area contributed by atoms with Crippen LogP contribution in [-0.4, -0.2) is 46.5 Å². The van der Waals surface area contributed by atoms with Crippen molar-refractivity contribution < 1.29 is 16.8 Å². The average Bonchev–Trinajstić information content (AvgIpc) is 3.04. The Hall–Kier alpha value is -1.90. The Bertz CT molecular complexity index is 957. The molecule has 1 heterocycles. The van der Waals surface area contributed by atoms with Crippen molar-refractivity contribution in [1.82, 2.24) is 4.31 Å². The zero-order valence-corrected chi connectivity index (χ0v) is 15.4. The van der Waals surface area contributed by atoms with Crippen molar-refractivity contribution in [2.75, 3.05) is 24.7 Å². The van der Waals surface area contributed by atoms with Gasteiger partial charge >= 0.3 is 0 Å². The number of hydrogen-bond donors (Lipinski definition) is 1. The van der Waals surface area contributed by atoms with Gasteiger partial charge in [-0.1, -0.05) is 30.3 Å². The van der Waals surface area contributed by atoms with E-state index in [-0.39, 0.29) is 15.8 Å². The molecule has 1 atom stereocenters. The zero-order chi connectivity index (χ0) is 18.1. The van der Waals surface area contributed by atoms with Crippen LogP contribution in [-0.2, 0) is 19.9 Å². The van der Waals surface area contributed by atoms with Crippen molar-refractivity contribution in [1.29, 1.82) is 0 Å². The first-order valence-corrected chi connectivity index (χ1v) is 11.2. The summed E-state index contributed by atoms with van der Waals surface area (Å²) in [5.74, 6) is 0. The summed E-state index contributed by atoms with van der Waals surface area (Å²) in [6, 6.07) is 15.3. The summed E-state index contributed by atoms with van der Waals surface area (Å²) >= 11 is 0. The average molecular weight is 380 g/mol. The molecule has 1 unspecified atom stereocenters. The van der Waals surface area contributed by atoms with E-state index in [9.17, 15) is 16.8 Å². The molecule has 0 bridgehead atoms. The van der Waals surface area contributed by atoms with E-state index >= 15 is 0 Å². The summed E-state index contributed by atoms with van der Waals surface area (Å²) in [6.07, 6.45) is 1.68. The number of anilines is 1. The highest BCUT2D eigenvalue weighted by Gasteiger charge is 2.35. The fourth-order valence-corrected chi connectivity index (χ4v) is 6.05. The van der Waals surface area contributed by atoms with Gasteiger partial charge in [0.15, 0.2) is 9.84 Å². The normalized spacial score (nSPS) is 19.0. The van der Waals surface area contributed by atoms with Gasteiger partial charge in [-0.2, -0.15) is 4.31 Å². The lowest BCUT2D eigenvalue weighted by Gasteiger charge is -2.19. The molecule has 1 aliphatic heterocycles. The molecule has 0 aromatic heterocycles. The highest BCUT2D eigenvalue weighted by atomic mass is 32.2. The molecule has 1 fully saturated rings. The highest BCUT2D eigenvalue weighted by molar-refractivity contribution is 7.93. The van der Waals surface area contributed by atoms with Crippen LogP contribution in [0.3, 0.4) is 0 Å². The van der Waals surface area contributed by atoms with E-state index in [2.05, 4.69) is 5.32 Å². The van der Waals surface area contributed by atoms with Crippen LogP contribution < -0.4 is 5.32 Å². The van der Waals surface area contributed by atoms with Crippen LogP contribution >= 0.6 is 0 Å². The maximum atomic E-state index is 12.9. The quantitative estimate of drug-likeness (QED) is 0.857. The highest BCUT2D eigenvalue weighted by Crippen LogP contribution is 2.27. The van der Waals surface area contributed by atoms with Gasteiger partial charge in [-0.05, 0) is 30.7 Å². The molecule has 0 amide bonds. The third-order valence-electron chi connectivity index (χ3n) is 4.16. The van der Waals surface area contributed by atoms with Crippen LogP contribution in [0.15, 0.2) is 64.4 Å². The Balaban J connectivity index is 1.83. The van der Waals surface area contributed by atoms with Crippen molar-refractivity contribution >= 4 is 25.5 Å². The third kappa shape index (κ3) is 3.86. The van der Waals surface area contributed by atoms with Gasteiger partial charge in [0.1, 0.15) is 4.90 Å². The van der Waals surface area contributed by atoms with Crippen molar-refractivity contribution in [2.24, 2.45) is 0 Å². The first-order chi connectivity index (χ1) is 11.8. The number of sulfone groups is 1. The number of nitrogens with one attached hydrogen (secondary N) is 1. The minimum absolute atomic E-state index is 0.0115. The molecule has 25 heavy (non-hydrogen) atoms. The molecule has 0 radical (unpaired) electrons. The molecule has 8 heteroatoms. The van der Waals surface area contributed by atoms with Gasteiger partial charge < -0.3 is 5.32 Å². The first-order valence-electron chi connectivity index (χ1n) is 7.89. The number of sulfonamides is 1. The summed E-state index contributed by atoms with van der Waals surface area (Å²) in [4.78, 5) is -0.313. The van der Waals surface area contributed by atoms with Gasteiger partial charge in [-0.3, -0.25) is 0 Å². The largest absolute Gasteiger partial charge is 0.381 e. The monoisotopic (exact) mass is 380 g/mol. The maximum Gasteiger partial charge on any atom is 0.244 e. The topological polar surface area (TPSA) is 83.5 Å². The molecular formula is C17H20N2O4S2. The molecule has 134 valence electrons. The summed E-state index contributed by atoms with van der Waals surface area (Å²) in [7, 11) is -7.49. The number of hydrogen-bond acceptors (Lipinski definition) is 5. The van der Waals surface area contributed by atoms with Crippen LogP contribution in [0.25, 0.3) is 0 Å². The van der Waals surface area contributed by atoms with Crippen LogP contribution in [0.5, 0.6) is 0 Å². The predicted molar refractivity (Wildman–Crippen MR) is 96.8 cm³/mol. The van der Waals surface area contributed by atoms with Crippen LogP contribution in [0.1, 0.15) is 6.42 Å². The number of para-hydroxylation sites is 1. The molecule has 0 saturated carbocycles. The number of rotatable bonds is 5. The van der Waals surface area contributed by atoms with Crippen LogP contribution in [0.2, 0.25) is 0 Å². The Morgan fingerprint density at radius 3 is 2.16 bits per heavy atom. The molecule has 2 aromatic rings. The van der Waals surface area contributed by atoms with Crippen LogP contribution in [0.4, 0.5) is 5.69 Å². The van der Waals surface area contributed by atoms with E-state index in [4.69, 9.17) is 0 Å². The van der Waals surface area contributed by atoms with Gasteiger partial charge in [0.05, 0.1) is 4.90 Å². The maximum absolute atomic E-state index is 12.9. The van der Waals surface area contributed by atoms with Gasteiger partial charge in [-0.15, -0.1) is 0 Å². The summed E-state index contributed by atoms with van der Waals surface area (Å²) in [5, 5.41) is 3.31. The van der Waals surface area contributed by atoms with Gasteiger partial charge in [0, 0.05) is 31.1 Å². The van der Waals surface area contributed by atoms with Gasteiger partial charge in [0.2, 0.25) is 10.0 Å². The van der Waals surface area contributed by atoms with E-state index in [1.165, 1.54) is 28.6 Å². The number of benzene rings is 2. The first kappa shape index (κ1) is 17.9. The number of nitrogens with zero attached hydrogens (tertiary/aromatic N) is 1. The van der Waals surface area contributed by atoms with Crippen molar-refractivity contribution in [2.45, 2.75) is 22.3 Å². The molecule has 2 aromatic carbocycles. The molecule has 6 nitrogen and oxygen atoms in total. The Morgan fingerprint density at radius 2 is 1.52 bits per heavy atom. The Labute approximate surface area is 148 Å². The molecule has 1 saturated heterocycles. The molecule has 3 rings (SSSR count). The van der Waals surface area contributed by atoms with Crippen molar-refractivity contribution in [3.8, 4) is 0 Å². The lowest BCUT2D eigenvalue weighted by molar-refractivity contribution is 0.472. The lowest BCUT2D eigenvalue weighted by Crippen LogP contribution is -2.32. The summed E-state index contributed by atoms with van der Waals surface area (Å²) in [5.41, 5.74) is 0.934. The van der Waals surface area contributed by atoms with Crippen LogP contribution in [0, 0.1) is 0 Å². The smallest absolute Gasteiger partial charge is 0.244 e. The second kappa shape index (κ2) is 6.78. The van der Waals surface area contributed by atoms with E-state index in [1.54, 1.807) is 0 Å². The summed E-state index contributed by atoms with van der Waals surface area (Å²) < 4.78 is 51.1. The minimum Gasteiger partial charge on any atom is -0.381 e. The van der Waals surface area contributed by atoms with E-state index < -0.39 is 19.9 Å². The fourth-order valence-electron chi connectivity index (χ4n) is 2.94. The zero-order valence-electron chi connectivity index (χ0n) is 13.8. The lowest BCUT2D eigenvalue weighted by atomic mass is 10.2. The van der Waals surface area contributed by atoms with Crippen molar-refractivity contribution in [3.63, 3.8) is 0 Å². The second-order valence-corrected chi connectivity index (χ2v) is 9.97. The van der Waals surface area contributed by atoms with Gasteiger partial charge in [0.25, 0.3) is 0 Å². The standard InChI is InChI=1S/C17H20N2O4S2/c1-24(20,21)16-9-5-6-10-17(16)25(22,23)19-12-11-15(13-19)18-14-7-3-2-4-8-14/h2-10,15,18H,11-13H2,1H3. The Morgan fingerprint density at radius 1 is 0.920 bits per heavy atom. The summed E-state index contributed by atoms with van der Waals surface area (Å²) in [6.45, 7) is 0.653. The van der Waals surface area contributed by atoms with E-state index in [0.29, 0.717) is 19.5 Å². The van der Waals surface area contributed by atoms with E-state index in [1.807, 2.05) is 30.3 Å². The van der Waals surface area contributed by atoms with Gasteiger partial charge in [-0.25, -0.2) is 16.8 Å². The minimum atomic E-state index is -3.86. The molecule has 0 aliphatic carbocycles. The molecule has 0 spiro atoms. The van der Waals surface area contributed by atoms with Crippen molar-refractivity contribution in [3.05, 3.63) is 54.6 Å². The molecular weight excluding hydrogens is 360 g/mol. The second-order valence-electron chi connectivity index (χ2n) is 6.08. The fraction of sp³-hybridized carbons (Fsp3) is 0.294. The SMILES string of the molecule is CS(=O)(=O)c1ccccc1S(=O)(=O)N1CCC(Nc2ccccc2)C1. The Kier molecular flexibility index (Phi) is 4.86. The molecule has 1 N–H and O–H groups in total. The van der Waals surface area contributed by atoms with E-state index in [0.717, 1.165) is 11.9 Å².